The van der Waals surface area contributed by atoms with E-state index in [-0.39, 0.29) is 12.4 Å². The molecular weight excluding hydrogens is 297 g/mol. The fraction of sp³-hybridized carbons (Fsp3) is 0.600. The van der Waals surface area contributed by atoms with E-state index >= 15 is 0 Å². The Balaban J connectivity index is 0.00000200. The van der Waals surface area contributed by atoms with Gasteiger partial charge in [-0.3, -0.25) is 0 Å². The number of rotatable bonds is 5. The van der Waals surface area contributed by atoms with Gasteiger partial charge in [-0.1, -0.05) is 18.5 Å². The van der Waals surface area contributed by atoms with Crippen LogP contribution in [0.4, 0.5) is 0 Å². The highest BCUT2D eigenvalue weighted by molar-refractivity contribution is 6.30. The number of ether oxygens (including phenoxy) is 1. The molecule has 2 rings (SSSR count). The summed E-state index contributed by atoms with van der Waals surface area (Å²) in [6.45, 7) is 5.45. The van der Waals surface area contributed by atoms with Crippen LogP contribution in [0.15, 0.2) is 24.3 Å². The van der Waals surface area contributed by atoms with Crippen LogP contribution < -0.4 is 17.1 Å². The van der Waals surface area contributed by atoms with Crippen LogP contribution in [0, 0.1) is 5.92 Å². The van der Waals surface area contributed by atoms with E-state index in [9.17, 15) is 5.11 Å². The normalized spacial score (nSPS) is 21.1. The zero-order valence-electron chi connectivity index (χ0n) is 11.8. The molecule has 0 aromatic heterocycles. The maximum atomic E-state index is 10.0. The van der Waals surface area contributed by atoms with Crippen LogP contribution in [0.1, 0.15) is 19.8 Å². The van der Waals surface area contributed by atoms with Gasteiger partial charge in [0.05, 0.1) is 0 Å². The van der Waals surface area contributed by atoms with Gasteiger partial charge in [0.25, 0.3) is 0 Å². The second kappa shape index (κ2) is 8.73. The minimum Gasteiger partial charge on any atom is -1.00 e. The molecule has 0 radical (unpaired) electrons. The van der Waals surface area contributed by atoms with Crippen LogP contribution in [0.5, 0.6) is 5.75 Å². The third kappa shape index (κ3) is 5.88. The maximum absolute atomic E-state index is 10.0. The first-order chi connectivity index (χ1) is 9.13. The molecule has 3 nitrogen and oxygen atoms in total. The van der Waals surface area contributed by atoms with Crippen LogP contribution >= 0.6 is 11.6 Å². The van der Waals surface area contributed by atoms with Crippen molar-refractivity contribution in [1.29, 1.82) is 0 Å². The summed E-state index contributed by atoms with van der Waals surface area (Å²) in [5, 5.41) is 10.7. The molecular formula is C15H22Cl2NO2-. The summed E-state index contributed by atoms with van der Waals surface area (Å²) < 4.78 is 5.56. The van der Waals surface area contributed by atoms with E-state index in [4.69, 9.17) is 16.3 Å². The Hall–Kier alpha value is -0.480. The van der Waals surface area contributed by atoms with Crippen molar-refractivity contribution in [3.05, 3.63) is 29.3 Å². The van der Waals surface area contributed by atoms with Crippen LogP contribution in [0.3, 0.4) is 0 Å². The topological polar surface area (TPSA) is 32.7 Å². The van der Waals surface area contributed by atoms with E-state index in [2.05, 4.69) is 11.8 Å². The van der Waals surface area contributed by atoms with Gasteiger partial charge in [0.15, 0.2) is 0 Å². The lowest BCUT2D eigenvalue weighted by atomic mass is 10.0. The second-order valence-corrected chi connectivity index (χ2v) is 5.86. The fourth-order valence-electron chi connectivity index (χ4n) is 2.53. The molecule has 1 heterocycles. The molecule has 0 amide bonds. The molecule has 1 aromatic rings. The summed E-state index contributed by atoms with van der Waals surface area (Å²) in [5.74, 6) is 1.48. The standard InChI is InChI=1S/C15H22ClNO2.ClH/c1-12-3-2-8-17(9-12)10-14(18)11-19-15-6-4-13(16)5-7-15;/h4-7,12,14,18H,2-3,8-11H2,1H3;1H/p-1. The van der Waals surface area contributed by atoms with E-state index in [1.807, 2.05) is 12.1 Å². The Kier molecular flexibility index (Phi) is 7.67. The van der Waals surface area contributed by atoms with Gasteiger partial charge < -0.3 is 27.2 Å². The fourth-order valence-corrected chi connectivity index (χ4v) is 2.65. The zero-order valence-corrected chi connectivity index (χ0v) is 13.3. The third-order valence-corrected chi connectivity index (χ3v) is 3.72. The molecule has 2 unspecified atom stereocenters. The third-order valence-electron chi connectivity index (χ3n) is 3.47. The number of benzene rings is 1. The first-order valence-electron chi connectivity index (χ1n) is 6.92. The zero-order chi connectivity index (χ0) is 13.7. The van der Waals surface area contributed by atoms with E-state index < -0.39 is 6.10 Å². The molecule has 20 heavy (non-hydrogen) atoms. The molecule has 0 aliphatic carbocycles. The van der Waals surface area contributed by atoms with E-state index in [1.54, 1.807) is 12.1 Å². The number of piperidine rings is 1. The van der Waals surface area contributed by atoms with Gasteiger partial charge in [0, 0.05) is 18.1 Å². The molecule has 1 fully saturated rings. The predicted molar refractivity (Wildman–Crippen MR) is 77.8 cm³/mol. The Bertz CT molecular complexity index is 386. The van der Waals surface area contributed by atoms with Crippen molar-refractivity contribution >= 4 is 11.6 Å². The minimum absolute atomic E-state index is 0. The van der Waals surface area contributed by atoms with E-state index in [0.717, 1.165) is 24.8 Å². The summed E-state index contributed by atoms with van der Waals surface area (Å²) >= 11 is 5.81. The van der Waals surface area contributed by atoms with Crippen LogP contribution in [-0.4, -0.2) is 42.4 Å². The number of nitrogens with zero attached hydrogens (tertiary/aromatic N) is 1. The molecule has 5 heteroatoms. The molecule has 2 atom stereocenters. The summed E-state index contributed by atoms with van der Waals surface area (Å²) in [4.78, 5) is 2.32. The van der Waals surface area contributed by atoms with Gasteiger partial charge in [-0.15, -0.1) is 0 Å². The monoisotopic (exact) mass is 318 g/mol. The smallest absolute Gasteiger partial charge is 0.119 e. The minimum atomic E-state index is -0.444. The number of hydrogen-bond acceptors (Lipinski definition) is 3. The number of hydrogen-bond donors (Lipinski definition) is 1. The molecule has 1 N–H and O–H groups in total. The van der Waals surface area contributed by atoms with Crippen molar-refractivity contribution in [2.24, 2.45) is 5.92 Å². The largest absolute Gasteiger partial charge is 1.00 e. The predicted octanol–water partition coefficient (Wildman–Crippen LogP) is -0.184. The highest BCUT2D eigenvalue weighted by atomic mass is 35.5. The molecule has 1 saturated heterocycles. The quantitative estimate of drug-likeness (QED) is 0.817. The van der Waals surface area contributed by atoms with Crippen molar-refractivity contribution in [1.82, 2.24) is 4.90 Å². The number of β-amino-alcohol motifs (C(OH)–C–C–N with tert-alkyl or cyclic N) is 1. The first kappa shape index (κ1) is 17.6. The van der Waals surface area contributed by atoms with E-state index in [1.165, 1.54) is 12.8 Å². The lowest BCUT2D eigenvalue weighted by molar-refractivity contribution is -0.00000681. The SMILES string of the molecule is CC1CCCN(CC(O)COc2ccc(Cl)cc2)C1.[Cl-]. The van der Waals surface area contributed by atoms with Gasteiger partial charge in [-0.2, -0.15) is 0 Å². The molecule has 1 aliphatic rings. The summed E-state index contributed by atoms with van der Waals surface area (Å²) in [6, 6.07) is 7.21. The number of likely N-dealkylation sites (tertiary alicyclic amines) is 1. The summed E-state index contributed by atoms with van der Waals surface area (Å²) in [5.41, 5.74) is 0. The Morgan fingerprint density at radius 3 is 2.75 bits per heavy atom. The van der Waals surface area contributed by atoms with Crippen molar-refractivity contribution in [3.8, 4) is 5.75 Å². The molecule has 0 spiro atoms. The van der Waals surface area contributed by atoms with Gasteiger partial charge in [0.1, 0.15) is 18.5 Å². The molecule has 0 saturated carbocycles. The van der Waals surface area contributed by atoms with Crippen LogP contribution in [-0.2, 0) is 0 Å². The average molecular weight is 319 g/mol. The second-order valence-electron chi connectivity index (χ2n) is 5.43. The highest BCUT2D eigenvalue weighted by Crippen LogP contribution is 2.17. The molecule has 1 aliphatic heterocycles. The first-order valence-corrected chi connectivity index (χ1v) is 7.30. The lowest BCUT2D eigenvalue weighted by Crippen LogP contribution is -3.00. The Morgan fingerprint density at radius 2 is 2.10 bits per heavy atom. The number of aliphatic hydroxyl groups excluding tert-OH is 1. The molecule has 1 aromatic carbocycles. The summed E-state index contributed by atoms with van der Waals surface area (Å²) in [6.07, 6.45) is 2.08. The van der Waals surface area contributed by atoms with Crippen molar-refractivity contribution in [3.63, 3.8) is 0 Å². The molecule has 0 bridgehead atoms. The van der Waals surface area contributed by atoms with Gasteiger partial charge in [0.2, 0.25) is 0 Å². The Labute approximate surface area is 132 Å². The average Bonchev–Trinajstić information content (AvgIpc) is 2.38. The highest BCUT2D eigenvalue weighted by Gasteiger charge is 2.19. The van der Waals surface area contributed by atoms with Gasteiger partial charge >= 0.3 is 0 Å². The molecule has 114 valence electrons. The maximum Gasteiger partial charge on any atom is 0.119 e. The van der Waals surface area contributed by atoms with Crippen LogP contribution in [0.25, 0.3) is 0 Å². The van der Waals surface area contributed by atoms with Crippen molar-refractivity contribution in [2.75, 3.05) is 26.2 Å². The van der Waals surface area contributed by atoms with Gasteiger partial charge in [-0.25, -0.2) is 0 Å². The Morgan fingerprint density at radius 1 is 1.40 bits per heavy atom. The van der Waals surface area contributed by atoms with Crippen molar-refractivity contribution < 1.29 is 22.3 Å². The lowest BCUT2D eigenvalue weighted by Gasteiger charge is -2.32. The summed E-state index contributed by atoms with van der Waals surface area (Å²) in [7, 11) is 0. The van der Waals surface area contributed by atoms with Gasteiger partial charge in [-0.05, 0) is 49.6 Å². The number of aliphatic hydroxyl groups is 1. The van der Waals surface area contributed by atoms with Crippen molar-refractivity contribution in [2.45, 2.75) is 25.9 Å². The van der Waals surface area contributed by atoms with Crippen LogP contribution in [0.2, 0.25) is 5.02 Å². The van der Waals surface area contributed by atoms with E-state index in [0.29, 0.717) is 18.2 Å². The number of halogens is 2.